The van der Waals surface area contributed by atoms with Gasteiger partial charge in [-0.2, -0.15) is 5.10 Å². The van der Waals surface area contributed by atoms with Crippen molar-refractivity contribution in [3.05, 3.63) is 51.3 Å². The molecule has 0 spiro atoms. The third kappa shape index (κ3) is 5.53. The summed E-state index contributed by atoms with van der Waals surface area (Å²) in [6.45, 7) is 3.68. The molecule has 0 saturated carbocycles. The minimum atomic E-state index is -0.587. The summed E-state index contributed by atoms with van der Waals surface area (Å²) in [5.74, 6) is -0.517. The molecule has 130 valence electrons. The number of rotatable bonds is 6. The summed E-state index contributed by atoms with van der Waals surface area (Å²) in [7, 11) is 0. The number of nitrogens with one attached hydrogen (secondary N) is 1. The zero-order valence-electron chi connectivity index (χ0n) is 13.5. The second kappa shape index (κ2) is 8.20. The van der Waals surface area contributed by atoms with Crippen molar-refractivity contribution >= 4 is 29.6 Å². The zero-order chi connectivity index (χ0) is 18.4. The molecule has 0 bridgehead atoms. The number of nitrogens with zero attached hydrogens (tertiary/aromatic N) is 4. The largest absolute Gasteiger partial charge is 0.507 e. The lowest BCUT2D eigenvalue weighted by Crippen LogP contribution is -2.19. The Hall–Kier alpha value is -3.01. The Kier molecular flexibility index (Phi) is 6.01. The highest BCUT2D eigenvalue weighted by atomic mass is 32.2. The third-order valence-corrected chi connectivity index (χ3v) is 3.76. The monoisotopic (exact) mass is 361 g/mol. The first-order chi connectivity index (χ1) is 11.8. The van der Waals surface area contributed by atoms with Gasteiger partial charge < -0.3 is 5.11 Å². The molecule has 1 heterocycles. The summed E-state index contributed by atoms with van der Waals surface area (Å²) in [4.78, 5) is 30.3. The van der Waals surface area contributed by atoms with E-state index in [1.54, 1.807) is 0 Å². The molecule has 1 aromatic heterocycles. The maximum absolute atomic E-state index is 11.8. The highest BCUT2D eigenvalue weighted by molar-refractivity contribution is 7.99. The number of phenolic OH excluding ortho intramolecular Hbond substituents is 1. The second-order valence-electron chi connectivity index (χ2n) is 5.02. The number of benzene rings is 1. The van der Waals surface area contributed by atoms with Gasteiger partial charge in [0.15, 0.2) is 5.16 Å². The Morgan fingerprint density at radius 1 is 1.36 bits per heavy atom. The van der Waals surface area contributed by atoms with Crippen LogP contribution in [-0.4, -0.2) is 37.9 Å². The molecular formula is C15H15N5O4S. The number of nitro groups is 1. The number of hydrogen-bond donors (Lipinski definition) is 2. The van der Waals surface area contributed by atoms with E-state index in [-0.39, 0.29) is 22.8 Å². The van der Waals surface area contributed by atoms with Crippen LogP contribution >= 0.6 is 11.8 Å². The predicted molar refractivity (Wildman–Crippen MR) is 92.7 cm³/mol. The summed E-state index contributed by atoms with van der Waals surface area (Å²) in [6.07, 6.45) is 1.14. The van der Waals surface area contributed by atoms with Gasteiger partial charge in [0, 0.05) is 29.1 Å². The smallest absolute Gasteiger partial charge is 0.270 e. The first-order valence-corrected chi connectivity index (χ1v) is 8.08. The molecule has 1 aromatic carbocycles. The number of phenols is 1. The summed E-state index contributed by atoms with van der Waals surface area (Å²) in [5.41, 5.74) is 3.85. The van der Waals surface area contributed by atoms with Gasteiger partial charge in [0.25, 0.3) is 11.6 Å². The standard InChI is InChI=1S/C15H15N5O4S/c1-9-5-10(2)18-15(17-9)25-8-14(22)19-16-7-11-6-12(20(23)24)3-4-13(11)21/h3-7,21H,8H2,1-2H3,(H,19,22). The zero-order valence-corrected chi connectivity index (χ0v) is 14.3. The van der Waals surface area contributed by atoms with Crippen LogP contribution in [0.3, 0.4) is 0 Å². The van der Waals surface area contributed by atoms with Crippen LogP contribution in [0.5, 0.6) is 5.75 Å². The summed E-state index contributed by atoms with van der Waals surface area (Å²) < 4.78 is 0. The van der Waals surface area contributed by atoms with E-state index in [1.165, 1.54) is 23.9 Å². The van der Waals surface area contributed by atoms with Gasteiger partial charge >= 0.3 is 0 Å². The van der Waals surface area contributed by atoms with Gasteiger partial charge in [0.2, 0.25) is 0 Å². The van der Waals surface area contributed by atoms with Crippen molar-refractivity contribution < 1.29 is 14.8 Å². The number of carbonyl (C=O) groups is 1. The van der Waals surface area contributed by atoms with Crippen LogP contribution in [0.1, 0.15) is 17.0 Å². The normalized spacial score (nSPS) is 10.8. The van der Waals surface area contributed by atoms with Crippen LogP contribution in [0, 0.1) is 24.0 Å². The second-order valence-corrected chi connectivity index (χ2v) is 5.96. The van der Waals surface area contributed by atoms with Crippen LogP contribution in [0.25, 0.3) is 0 Å². The fraction of sp³-hybridized carbons (Fsp3) is 0.200. The van der Waals surface area contributed by atoms with Gasteiger partial charge in [-0.05, 0) is 26.0 Å². The van der Waals surface area contributed by atoms with E-state index in [2.05, 4.69) is 20.5 Å². The number of hydrazone groups is 1. The number of hydrogen-bond acceptors (Lipinski definition) is 8. The Morgan fingerprint density at radius 2 is 2.04 bits per heavy atom. The maximum atomic E-state index is 11.8. The van der Waals surface area contributed by atoms with E-state index < -0.39 is 10.8 Å². The topological polar surface area (TPSA) is 131 Å². The summed E-state index contributed by atoms with van der Waals surface area (Å²) in [5, 5.41) is 24.5. The molecule has 0 atom stereocenters. The number of carbonyl (C=O) groups excluding carboxylic acids is 1. The maximum Gasteiger partial charge on any atom is 0.270 e. The molecule has 2 rings (SSSR count). The van der Waals surface area contributed by atoms with Crippen LogP contribution in [0.2, 0.25) is 0 Å². The van der Waals surface area contributed by atoms with E-state index >= 15 is 0 Å². The Balaban J connectivity index is 1.92. The van der Waals surface area contributed by atoms with Gasteiger partial charge in [-0.25, -0.2) is 15.4 Å². The molecule has 0 saturated heterocycles. The van der Waals surface area contributed by atoms with Gasteiger partial charge in [-0.15, -0.1) is 0 Å². The number of aromatic hydroxyl groups is 1. The lowest BCUT2D eigenvalue weighted by atomic mass is 10.2. The molecular weight excluding hydrogens is 346 g/mol. The summed E-state index contributed by atoms with van der Waals surface area (Å²) in [6, 6.07) is 5.35. The lowest BCUT2D eigenvalue weighted by Gasteiger charge is -2.02. The minimum absolute atomic E-state index is 0.0567. The van der Waals surface area contributed by atoms with E-state index in [1.807, 2.05) is 19.9 Å². The first kappa shape index (κ1) is 18.3. The number of aromatic nitrogens is 2. The van der Waals surface area contributed by atoms with Crippen LogP contribution in [0.15, 0.2) is 34.5 Å². The van der Waals surface area contributed by atoms with Crippen molar-refractivity contribution in [3.8, 4) is 5.75 Å². The number of thioether (sulfide) groups is 1. The Labute approximate surface area is 147 Å². The highest BCUT2D eigenvalue weighted by Crippen LogP contribution is 2.21. The van der Waals surface area contributed by atoms with Crippen molar-refractivity contribution in [2.24, 2.45) is 5.10 Å². The fourth-order valence-electron chi connectivity index (χ4n) is 1.85. The summed E-state index contributed by atoms with van der Waals surface area (Å²) >= 11 is 1.17. The van der Waals surface area contributed by atoms with Crippen molar-refractivity contribution in [2.75, 3.05) is 5.75 Å². The molecule has 0 radical (unpaired) electrons. The number of amides is 1. The molecule has 2 N–H and O–H groups in total. The lowest BCUT2D eigenvalue weighted by molar-refractivity contribution is -0.384. The molecule has 0 aliphatic rings. The fourth-order valence-corrected chi connectivity index (χ4v) is 2.60. The number of non-ortho nitro benzene ring substituents is 1. The van der Waals surface area contributed by atoms with Gasteiger partial charge in [0.05, 0.1) is 16.9 Å². The van der Waals surface area contributed by atoms with Gasteiger partial charge in [0.1, 0.15) is 5.75 Å². The van der Waals surface area contributed by atoms with Crippen LogP contribution in [0.4, 0.5) is 5.69 Å². The van der Waals surface area contributed by atoms with Crippen molar-refractivity contribution in [1.29, 1.82) is 0 Å². The molecule has 2 aromatic rings. The van der Waals surface area contributed by atoms with E-state index in [4.69, 9.17) is 0 Å². The average molecular weight is 361 g/mol. The third-order valence-electron chi connectivity index (χ3n) is 2.91. The Bertz CT molecular complexity index is 820. The van der Waals surface area contributed by atoms with Crippen molar-refractivity contribution in [3.63, 3.8) is 0 Å². The molecule has 25 heavy (non-hydrogen) atoms. The van der Waals surface area contributed by atoms with Crippen molar-refractivity contribution in [1.82, 2.24) is 15.4 Å². The minimum Gasteiger partial charge on any atom is -0.507 e. The number of aryl methyl sites for hydroxylation is 2. The molecule has 0 aliphatic carbocycles. The molecule has 0 fully saturated rings. The quantitative estimate of drug-likeness (QED) is 0.264. The van der Waals surface area contributed by atoms with E-state index in [0.29, 0.717) is 5.16 Å². The first-order valence-electron chi connectivity index (χ1n) is 7.09. The molecule has 9 nitrogen and oxygen atoms in total. The molecule has 10 heteroatoms. The van der Waals surface area contributed by atoms with Crippen LogP contribution < -0.4 is 5.43 Å². The molecule has 1 amide bonds. The highest BCUT2D eigenvalue weighted by Gasteiger charge is 2.09. The number of nitro benzene ring substituents is 1. The van der Waals surface area contributed by atoms with E-state index in [0.717, 1.165) is 23.7 Å². The predicted octanol–water partition coefficient (Wildman–Crippen LogP) is 1.95. The van der Waals surface area contributed by atoms with E-state index in [9.17, 15) is 20.0 Å². The van der Waals surface area contributed by atoms with Crippen LogP contribution in [-0.2, 0) is 4.79 Å². The SMILES string of the molecule is Cc1cc(C)nc(SCC(=O)NN=Cc2cc([N+](=O)[O-])ccc2O)n1. The Morgan fingerprint density at radius 3 is 2.68 bits per heavy atom. The van der Waals surface area contributed by atoms with Gasteiger partial charge in [-0.1, -0.05) is 11.8 Å². The molecule has 0 aliphatic heterocycles. The van der Waals surface area contributed by atoms with Gasteiger partial charge in [-0.3, -0.25) is 14.9 Å². The van der Waals surface area contributed by atoms with Crippen molar-refractivity contribution in [2.45, 2.75) is 19.0 Å². The molecule has 0 unspecified atom stereocenters. The average Bonchev–Trinajstić information content (AvgIpc) is 2.53.